The number of thiazole rings is 1. The summed E-state index contributed by atoms with van der Waals surface area (Å²) >= 11 is 1.77. The molecular formula is C16H20ClN3OS. The molecule has 4 rings (SSSR count). The molecular weight excluding hydrogens is 318 g/mol. The number of hydrogen-bond acceptors (Lipinski definition) is 4. The molecule has 2 fully saturated rings. The van der Waals surface area contributed by atoms with Gasteiger partial charge in [-0.25, -0.2) is 4.98 Å². The van der Waals surface area contributed by atoms with E-state index in [1.165, 1.54) is 29.0 Å². The molecule has 1 aliphatic heterocycles. The van der Waals surface area contributed by atoms with Crippen molar-refractivity contribution < 1.29 is 4.79 Å². The number of nitrogens with zero attached hydrogens (tertiary/aromatic N) is 1. The maximum atomic E-state index is 12.2. The quantitative estimate of drug-likeness (QED) is 0.898. The Morgan fingerprint density at radius 3 is 2.86 bits per heavy atom. The van der Waals surface area contributed by atoms with Gasteiger partial charge >= 0.3 is 0 Å². The normalized spacial score (nSPS) is 21.4. The molecule has 0 radical (unpaired) electrons. The van der Waals surface area contributed by atoms with E-state index >= 15 is 0 Å². The van der Waals surface area contributed by atoms with E-state index in [1.54, 1.807) is 11.3 Å². The summed E-state index contributed by atoms with van der Waals surface area (Å²) in [4.78, 5) is 16.9. The number of hydrogen-bond donors (Lipinski definition) is 2. The lowest BCUT2D eigenvalue weighted by Gasteiger charge is -2.22. The van der Waals surface area contributed by atoms with Gasteiger partial charge in [0, 0.05) is 11.6 Å². The first-order valence-corrected chi connectivity index (χ1v) is 8.56. The number of amides is 1. The van der Waals surface area contributed by atoms with Crippen molar-refractivity contribution in [2.45, 2.75) is 44.1 Å². The van der Waals surface area contributed by atoms with Gasteiger partial charge in [0.05, 0.1) is 21.3 Å². The van der Waals surface area contributed by atoms with E-state index in [0.717, 1.165) is 30.6 Å². The Morgan fingerprint density at radius 1 is 1.27 bits per heavy atom. The van der Waals surface area contributed by atoms with Crippen LogP contribution in [0.2, 0.25) is 0 Å². The molecule has 1 aromatic heterocycles. The third-order valence-electron chi connectivity index (χ3n) is 4.23. The molecule has 22 heavy (non-hydrogen) atoms. The fourth-order valence-electron chi connectivity index (χ4n) is 2.83. The first-order chi connectivity index (χ1) is 10.3. The number of nitrogens with one attached hydrogen (secondary N) is 2. The second-order valence-corrected chi connectivity index (χ2v) is 7.06. The summed E-state index contributed by atoms with van der Waals surface area (Å²) < 4.78 is 1.17. The van der Waals surface area contributed by atoms with Crippen molar-refractivity contribution in [2.24, 2.45) is 0 Å². The van der Waals surface area contributed by atoms with Crippen molar-refractivity contribution in [1.29, 1.82) is 0 Å². The van der Waals surface area contributed by atoms with E-state index in [2.05, 4.69) is 21.7 Å². The van der Waals surface area contributed by atoms with Crippen LogP contribution in [0.4, 0.5) is 5.69 Å². The summed E-state index contributed by atoms with van der Waals surface area (Å²) in [5.41, 5.74) is 1.93. The summed E-state index contributed by atoms with van der Waals surface area (Å²) in [5.74, 6) is 0.771. The molecule has 1 aliphatic carbocycles. The number of piperidine rings is 1. The van der Waals surface area contributed by atoms with Gasteiger partial charge in [0.15, 0.2) is 0 Å². The number of benzene rings is 1. The topological polar surface area (TPSA) is 54.0 Å². The second kappa shape index (κ2) is 6.52. The minimum absolute atomic E-state index is 0. The third kappa shape index (κ3) is 3.26. The number of anilines is 1. The van der Waals surface area contributed by atoms with Crippen LogP contribution < -0.4 is 10.6 Å². The summed E-state index contributed by atoms with van der Waals surface area (Å²) in [7, 11) is 0. The first-order valence-electron chi connectivity index (χ1n) is 7.74. The smallest absolute Gasteiger partial charge is 0.241 e. The van der Waals surface area contributed by atoms with Gasteiger partial charge in [-0.2, -0.15) is 0 Å². The molecule has 2 aromatic rings. The van der Waals surface area contributed by atoms with Crippen LogP contribution in [-0.2, 0) is 4.79 Å². The zero-order chi connectivity index (χ0) is 14.2. The minimum atomic E-state index is -0.0436. The number of carbonyl (C=O) groups is 1. The van der Waals surface area contributed by atoms with Gasteiger partial charge in [-0.15, -0.1) is 23.7 Å². The minimum Gasteiger partial charge on any atom is -0.325 e. The SMILES string of the molecule is Cl.O=C(Nc1ccc2nc(C3CC3)sc2c1)C1CCCCN1. The maximum Gasteiger partial charge on any atom is 0.241 e. The molecule has 4 nitrogen and oxygen atoms in total. The third-order valence-corrected chi connectivity index (χ3v) is 5.41. The average molecular weight is 338 g/mol. The zero-order valence-electron chi connectivity index (χ0n) is 12.3. The van der Waals surface area contributed by atoms with E-state index in [1.807, 2.05) is 12.1 Å². The van der Waals surface area contributed by atoms with Crippen LogP contribution in [0.1, 0.15) is 43.0 Å². The Hall–Kier alpha value is -1.17. The van der Waals surface area contributed by atoms with Gasteiger partial charge in [0.2, 0.25) is 5.91 Å². The number of rotatable bonds is 3. The number of fused-ring (bicyclic) bond motifs is 1. The molecule has 1 aromatic carbocycles. The Morgan fingerprint density at radius 2 is 2.14 bits per heavy atom. The van der Waals surface area contributed by atoms with Crippen molar-refractivity contribution in [2.75, 3.05) is 11.9 Å². The lowest BCUT2D eigenvalue weighted by Crippen LogP contribution is -2.43. The zero-order valence-corrected chi connectivity index (χ0v) is 13.9. The largest absolute Gasteiger partial charge is 0.325 e. The lowest BCUT2D eigenvalue weighted by atomic mass is 10.0. The van der Waals surface area contributed by atoms with Crippen LogP contribution >= 0.6 is 23.7 Å². The molecule has 2 aliphatic rings. The lowest BCUT2D eigenvalue weighted by molar-refractivity contribution is -0.118. The molecule has 1 saturated carbocycles. The van der Waals surface area contributed by atoms with Crippen molar-refractivity contribution in [1.82, 2.24) is 10.3 Å². The van der Waals surface area contributed by atoms with Gasteiger partial charge in [-0.05, 0) is 50.4 Å². The fourth-order valence-corrected chi connectivity index (χ4v) is 4.01. The van der Waals surface area contributed by atoms with E-state index in [-0.39, 0.29) is 24.4 Å². The Labute approximate surface area is 140 Å². The predicted octanol–water partition coefficient (Wildman–Crippen LogP) is 3.68. The monoisotopic (exact) mass is 337 g/mol. The Bertz CT molecular complexity index is 677. The van der Waals surface area contributed by atoms with Gasteiger partial charge in [-0.3, -0.25) is 4.79 Å². The highest BCUT2D eigenvalue weighted by Gasteiger charge is 2.27. The molecule has 6 heteroatoms. The summed E-state index contributed by atoms with van der Waals surface area (Å²) in [5, 5.41) is 7.57. The van der Waals surface area contributed by atoms with Gasteiger partial charge in [0.25, 0.3) is 0 Å². The highest BCUT2D eigenvalue weighted by atomic mass is 35.5. The van der Waals surface area contributed by atoms with Crippen molar-refractivity contribution in [3.05, 3.63) is 23.2 Å². The predicted molar refractivity (Wildman–Crippen MR) is 93.1 cm³/mol. The second-order valence-electron chi connectivity index (χ2n) is 6.00. The van der Waals surface area contributed by atoms with Gasteiger partial charge in [-0.1, -0.05) is 6.42 Å². The van der Waals surface area contributed by atoms with E-state index in [0.29, 0.717) is 5.92 Å². The molecule has 0 bridgehead atoms. The van der Waals surface area contributed by atoms with Crippen LogP contribution in [0.3, 0.4) is 0 Å². The van der Waals surface area contributed by atoms with Crippen molar-refractivity contribution in [3.8, 4) is 0 Å². The van der Waals surface area contributed by atoms with Crippen LogP contribution in [-0.4, -0.2) is 23.5 Å². The molecule has 1 amide bonds. The number of aromatic nitrogens is 1. The number of carbonyl (C=O) groups excluding carboxylic acids is 1. The average Bonchev–Trinajstić information content (AvgIpc) is 3.28. The van der Waals surface area contributed by atoms with Gasteiger partial charge < -0.3 is 10.6 Å². The van der Waals surface area contributed by atoms with Crippen LogP contribution in [0, 0.1) is 0 Å². The molecule has 2 heterocycles. The molecule has 1 unspecified atom stereocenters. The van der Waals surface area contributed by atoms with Crippen molar-refractivity contribution in [3.63, 3.8) is 0 Å². The van der Waals surface area contributed by atoms with E-state index < -0.39 is 0 Å². The van der Waals surface area contributed by atoms with E-state index in [9.17, 15) is 4.79 Å². The Kier molecular flexibility index (Phi) is 4.66. The summed E-state index contributed by atoms with van der Waals surface area (Å²) in [6, 6.07) is 5.98. The maximum absolute atomic E-state index is 12.2. The number of halogens is 1. The standard InChI is InChI=1S/C16H19N3OS.ClH/c20-15(13-3-1-2-8-17-13)18-11-6-7-12-14(9-11)21-16(19-12)10-4-5-10;/h6-7,9-10,13,17H,1-5,8H2,(H,18,20);1H. The van der Waals surface area contributed by atoms with Gasteiger partial charge in [0.1, 0.15) is 0 Å². The van der Waals surface area contributed by atoms with Crippen LogP contribution in [0.25, 0.3) is 10.2 Å². The molecule has 1 saturated heterocycles. The van der Waals surface area contributed by atoms with E-state index in [4.69, 9.17) is 0 Å². The summed E-state index contributed by atoms with van der Waals surface area (Å²) in [6.07, 6.45) is 5.78. The molecule has 2 N–H and O–H groups in total. The summed E-state index contributed by atoms with van der Waals surface area (Å²) in [6.45, 7) is 0.941. The van der Waals surface area contributed by atoms with Crippen LogP contribution in [0.5, 0.6) is 0 Å². The highest BCUT2D eigenvalue weighted by Crippen LogP contribution is 2.43. The Balaban J connectivity index is 0.00000144. The van der Waals surface area contributed by atoms with Crippen molar-refractivity contribution >= 4 is 45.6 Å². The molecule has 118 valence electrons. The van der Waals surface area contributed by atoms with Crippen LogP contribution in [0.15, 0.2) is 18.2 Å². The first kappa shape index (κ1) is 15.7. The molecule has 1 atom stereocenters. The highest BCUT2D eigenvalue weighted by molar-refractivity contribution is 7.18. The fraction of sp³-hybridized carbons (Fsp3) is 0.500. The molecule has 0 spiro atoms.